The monoisotopic (exact) mass is 251 g/mol. The molecule has 1 unspecified atom stereocenters. The van der Waals surface area contributed by atoms with Crippen molar-refractivity contribution in [1.29, 1.82) is 0 Å². The van der Waals surface area contributed by atoms with Gasteiger partial charge in [-0.3, -0.25) is 0 Å². The van der Waals surface area contributed by atoms with Crippen molar-refractivity contribution in [2.24, 2.45) is 5.73 Å². The average Bonchev–Trinajstić information content (AvgIpc) is 2.80. The van der Waals surface area contributed by atoms with Crippen LogP contribution in [0.4, 0.5) is 5.82 Å². The first-order valence-electron chi connectivity index (χ1n) is 6.11. The van der Waals surface area contributed by atoms with Gasteiger partial charge in [0.1, 0.15) is 5.82 Å². The first kappa shape index (κ1) is 12.7. The van der Waals surface area contributed by atoms with Crippen molar-refractivity contribution in [2.45, 2.75) is 32.9 Å². The minimum Gasteiger partial charge on any atom is -0.356 e. The normalized spacial score (nSPS) is 19.6. The van der Waals surface area contributed by atoms with E-state index in [2.05, 4.69) is 29.9 Å². The molecule has 1 aliphatic heterocycles. The zero-order valence-electron chi connectivity index (χ0n) is 10.9. The summed E-state index contributed by atoms with van der Waals surface area (Å²) in [4.78, 5) is 7.01. The van der Waals surface area contributed by atoms with Crippen LogP contribution < -0.4 is 10.6 Å². The molecular weight excluding hydrogens is 230 g/mol. The maximum Gasteiger partial charge on any atom is 0.133 e. The number of anilines is 1. The van der Waals surface area contributed by atoms with Crippen molar-refractivity contribution < 1.29 is 0 Å². The molecule has 2 N–H and O–H groups in total. The predicted octanol–water partition coefficient (Wildman–Crippen LogP) is 2.10. The van der Waals surface area contributed by atoms with Crippen LogP contribution in [0.2, 0.25) is 0 Å². The topological polar surface area (TPSA) is 42.1 Å². The smallest absolute Gasteiger partial charge is 0.133 e. The minimum atomic E-state index is 0.568. The molecule has 2 heterocycles. The summed E-state index contributed by atoms with van der Waals surface area (Å²) in [6.07, 6.45) is 1.25. The largest absolute Gasteiger partial charge is 0.356 e. The van der Waals surface area contributed by atoms with E-state index in [4.69, 9.17) is 5.73 Å². The Kier molecular flexibility index (Phi) is 3.94. The van der Waals surface area contributed by atoms with Gasteiger partial charge in [0.05, 0.1) is 0 Å². The molecule has 0 spiro atoms. The molecule has 2 rings (SSSR count). The van der Waals surface area contributed by atoms with E-state index < -0.39 is 0 Å². The van der Waals surface area contributed by atoms with E-state index in [1.165, 1.54) is 29.1 Å². The Balaban J connectivity index is 2.35. The number of nitrogens with two attached hydrogens (primary N) is 1. The van der Waals surface area contributed by atoms with Gasteiger partial charge in [0.25, 0.3) is 0 Å². The molecule has 0 saturated carbocycles. The maximum atomic E-state index is 5.87. The van der Waals surface area contributed by atoms with Gasteiger partial charge in [-0.2, -0.15) is 11.8 Å². The van der Waals surface area contributed by atoms with Crippen molar-refractivity contribution in [3.05, 3.63) is 22.9 Å². The fourth-order valence-electron chi connectivity index (χ4n) is 2.39. The lowest BCUT2D eigenvalue weighted by Gasteiger charge is -2.28. The number of thioether (sulfide) groups is 1. The second kappa shape index (κ2) is 5.27. The Labute approximate surface area is 108 Å². The van der Waals surface area contributed by atoms with Crippen LogP contribution in [-0.2, 0) is 6.54 Å². The summed E-state index contributed by atoms with van der Waals surface area (Å²) in [5, 5.41) is 0. The van der Waals surface area contributed by atoms with Crippen LogP contribution in [0, 0.1) is 13.8 Å². The van der Waals surface area contributed by atoms with Gasteiger partial charge in [-0.25, -0.2) is 4.98 Å². The lowest BCUT2D eigenvalue weighted by molar-refractivity contribution is 0.685. The SMILES string of the molecule is Cc1cc(C)c(CN)c(N(C)C2CCSC2)n1. The minimum absolute atomic E-state index is 0.568. The quantitative estimate of drug-likeness (QED) is 0.893. The van der Waals surface area contributed by atoms with Gasteiger partial charge in [-0.15, -0.1) is 0 Å². The predicted molar refractivity (Wildman–Crippen MR) is 75.7 cm³/mol. The third kappa shape index (κ3) is 2.58. The first-order chi connectivity index (χ1) is 8.13. The molecule has 0 aromatic carbocycles. The van der Waals surface area contributed by atoms with Crippen LogP contribution in [0.1, 0.15) is 23.2 Å². The molecule has 1 aromatic rings. The van der Waals surface area contributed by atoms with Crippen LogP contribution in [0.25, 0.3) is 0 Å². The van der Waals surface area contributed by atoms with E-state index in [-0.39, 0.29) is 0 Å². The standard InChI is InChI=1S/C13H21N3S/c1-9-6-10(2)15-13(12(9)7-14)16(3)11-4-5-17-8-11/h6,11H,4-5,7-8,14H2,1-3H3. The molecule has 0 bridgehead atoms. The molecule has 1 fully saturated rings. The second-order valence-corrected chi connectivity index (χ2v) is 5.86. The van der Waals surface area contributed by atoms with E-state index in [0.29, 0.717) is 12.6 Å². The molecule has 3 nitrogen and oxygen atoms in total. The van der Waals surface area contributed by atoms with Crippen LogP contribution in [0.3, 0.4) is 0 Å². The van der Waals surface area contributed by atoms with Gasteiger partial charge in [-0.05, 0) is 37.7 Å². The number of aromatic nitrogens is 1. The summed E-state index contributed by atoms with van der Waals surface area (Å²) in [6.45, 7) is 4.74. The number of aryl methyl sites for hydroxylation is 2. The van der Waals surface area contributed by atoms with E-state index >= 15 is 0 Å². The lowest BCUT2D eigenvalue weighted by atomic mass is 10.1. The van der Waals surface area contributed by atoms with Crippen molar-refractivity contribution in [2.75, 3.05) is 23.5 Å². The van der Waals surface area contributed by atoms with Gasteiger partial charge >= 0.3 is 0 Å². The van der Waals surface area contributed by atoms with E-state index in [1.54, 1.807) is 0 Å². The molecule has 94 valence electrons. The summed E-state index contributed by atoms with van der Waals surface area (Å²) in [7, 11) is 2.15. The second-order valence-electron chi connectivity index (χ2n) is 4.72. The molecule has 1 aromatic heterocycles. The number of rotatable bonds is 3. The Hall–Kier alpha value is -0.740. The number of nitrogens with zero attached hydrogens (tertiary/aromatic N) is 2. The van der Waals surface area contributed by atoms with Crippen LogP contribution in [-0.4, -0.2) is 29.6 Å². The van der Waals surface area contributed by atoms with Gasteiger partial charge in [-0.1, -0.05) is 0 Å². The third-order valence-corrected chi connectivity index (χ3v) is 4.59. The number of hydrogen-bond donors (Lipinski definition) is 1. The molecule has 1 aliphatic rings. The summed E-state index contributed by atoms with van der Waals surface area (Å²) in [5.74, 6) is 3.55. The molecule has 0 amide bonds. The van der Waals surface area contributed by atoms with E-state index in [0.717, 1.165) is 11.5 Å². The van der Waals surface area contributed by atoms with Crippen molar-refractivity contribution >= 4 is 17.6 Å². The fourth-order valence-corrected chi connectivity index (χ4v) is 3.66. The highest BCUT2D eigenvalue weighted by atomic mass is 32.2. The van der Waals surface area contributed by atoms with Gasteiger partial charge in [0.15, 0.2) is 0 Å². The van der Waals surface area contributed by atoms with Gasteiger partial charge in [0.2, 0.25) is 0 Å². The van der Waals surface area contributed by atoms with Gasteiger partial charge < -0.3 is 10.6 Å². The highest BCUT2D eigenvalue weighted by Gasteiger charge is 2.23. The zero-order chi connectivity index (χ0) is 12.4. The highest BCUT2D eigenvalue weighted by Crippen LogP contribution is 2.28. The maximum absolute atomic E-state index is 5.87. The third-order valence-electron chi connectivity index (χ3n) is 3.45. The van der Waals surface area contributed by atoms with Crippen LogP contribution >= 0.6 is 11.8 Å². The molecule has 1 atom stereocenters. The Bertz CT molecular complexity index is 400. The summed E-state index contributed by atoms with van der Waals surface area (Å²) in [6, 6.07) is 2.72. The zero-order valence-corrected chi connectivity index (χ0v) is 11.7. The van der Waals surface area contributed by atoms with Crippen molar-refractivity contribution in [3.63, 3.8) is 0 Å². The fraction of sp³-hybridized carbons (Fsp3) is 0.615. The number of pyridine rings is 1. The Morgan fingerprint density at radius 1 is 1.53 bits per heavy atom. The van der Waals surface area contributed by atoms with Crippen molar-refractivity contribution in [3.8, 4) is 0 Å². The lowest BCUT2D eigenvalue weighted by Crippen LogP contribution is -2.33. The first-order valence-corrected chi connectivity index (χ1v) is 7.26. The summed E-state index contributed by atoms with van der Waals surface area (Å²) >= 11 is 2.03. The molecule has 0 radical (unpaired) electrons. The Morgan fingerprint density at radius 2 is 2.29 bits per heavy atom. The molecule has 4 heteroatoms. The van der Waals surface area contributed by atoms with Crippen LogP contribution in [0.15, 0.2) is 6.07 Å². The molecule has 0 aliphatic carbocycles. The summed E-state index contributed by atoms with van der Waals surface area (Å²) < 4.78 is 0. The number of hydrogen-bond acceptors (Lipinski definition) is 4. The van der Waals surface area contributed by atoms with Crippen molar-refractivity contribution in [1.82, 2.24) is 4.98 Å². The molecular formula is C13H21N3S. The molecule has 1 saturated heterocycles. The highest BCUT2D eigenvalue weighted by molar-refractivity contribution is 7.99. The van der Waals surface area contributed by atoms with E-state index in [9.17, 15) is 0 Å². The van der Waals surface area contributed by atoms with E-state index in [1.807, 2.05) is 18.7 Å². The Morgan fingerprint density at radius 3 is 2.88 bits per heavy atom. The summed E-state index contributed by atoms with van der Waals surface area (Å²) in [5.41, 5.74) is 9.39. The average molecular weight is 251 g/mol. The van der Waals surface area contributed by atoms with Crippen LogP contribution in [0.5, 0.6) is 0 Å². The molecule has 17 heavy (non-hydrogen) atoms. The van der Waals surface area contributed by atoms with Gasteiger partial charge in [0, 0.05) is 36.6 Å².